The van der Waals surface area contributed by atoms with E-state index in [-0.39, 0.29) is 39.7 Å². The third kappa shape index (κ3) is 6.37. The Bertz CT molecular complexity index is 1650. The van der Waals surface area contributed by atoms with Crippen molar-refractivity contribution in [3.05, 3.63) is 81.0 Å². The Morgan fingerprint density at radius 3 is 2.61 bits per heavy atom. The molecule has 0 saturated carbocycles. The van der Waals surface area contributed by atoms with E-state index < -0.39 is 37.6 Å². The highest BCUT2D eigenvalue weighted by Gasteiger charge is 2.36. The van der Waals surface area contributed by atoms with E-state index in [4.69, 9.17) is 31.4 Å². The number of phosphoric acid groups is 1. The van der Waals surface area contributed by atoms with Crippen LogP contribution in [0, 0.1) is 11.3 Å². The van der Waals surface area contributed by atoms with Gasteiger partial charge in [0.05, 0.1) is 23.9 Å². The molecule has 3 heterocycles. The Hall–Kier alpha value is -3.77. The zero-order valence-electron chi connectivity index (χ0n) is 18.8. The Kier molecular flexibility index (Phi) is 8.27. The first kappa shape index (κ1) is 28.8. The summed E-state index contributed by atoms with van der Waals surface area (Å²) in [6.07, 6.45) is -2.65. The standard InChI is InChI=1S/C21H14ClF3N5O6P.H2O/c22-13-6-12(9-26)7-14(8-13)36-18-16(21(23,24)25)3-5-29(20(18)31)10-17-15-2-1-4-27-19(15)30(28-17)11-35-37(32,33)34;/h1-8H,10-11H2,(H2,32,33,34);1H2. The zero-order valence-corrected chi connectivity index (χ0v) is 20.4. The molecule has 0 atom stereocenters. The Balaban J connectivity index is 0.00000400. The summed E-state index contributed by atoms with van der Waals surface area (Å²) in [6, 6.07) is 9.10. The predicted octanol–water partition coefficient (Wildman–Crippen LogP) is 3.22. The SMILES string of the molecule is N#Cc1cc(Cl)cc(Oc2c(C(F)(F)F)ccn(Cc3nn(COP(=O)(O)O)c4ncccc34)c2=O)c1.O. The molecule has 0 aliphatic heterocycles. The van der Waals surface area contributed by atoms with E-state index in [9.17, 15) is 22.5 Å². The monoisotopic (exact) mass is 573 g/mol. The van der Waals surface area contributed by atoms with Crippen LogP contribution in [0.2, 0.25) is 5.02 Å². The first-order valence-electron chi connectivity index (χ1n) is 10.1. The van der Waals surface area contributed by atoms with Crippen LogP contribution in [0.1, 0.15) is 16.8 Å². The largest absolute Gasteiger partial charge is 0.471 e. The van der Waals surface area contributed by atoms with Crippen molar-refractivity contribution in [3.63, 3.8) is 0 Å². The number of pyridine rings is 2. The van der Waals surface area contributed by atoms with Crippen LogP contribution < -0.4 is 10.3 Å². The molecule has 200 valence electrons. The third-order valence-corrected chi connectivity index (χ3v) is 5.57. The lowest BCUT2D eigenvalue weighted by molar-refractivity contribution is -0.138. The quantitative estimate of drug-likeness (QED) is 0.313. The van der Waals surface area contributed by atoms with Gasteiger partial charge in [0, 0.05) is 22.8 Å². The second-order valence-corrected chi connectivity index (χ2v) is 9.12. The van der Waals surface area contributed by atoms with Crippen LogP contribution in [0.3, 0.4) is 0 Å². The molecule has 4 rings (SSSR count). The maximum atomic E-state index is 13.7. The number of benzene rings is 1. The fourth-order valence-electron chi connectivity index (χ4n) is 3.38. The van der Waals surface area contributed by atoms with E-state index in [2.05, 4.69) is 14.6 Å². The van der Waals surface area contributed by atoms with Crippen molar-refractivity contribution >= 4 is 30.5 Å². The van der Waals surface area contributed by atoms with Gasteiger partial charge in [-0.15, -0.1) is 0 Å². The lowest BCUT2D eigenvalue weighted by Crippen LogP contribution is -2.25. The second-order valence-electron chi connectivity index (χ2n) is 7.45. The summed E-state index contributed by atoms with van der Waals surface area (Å²) in [5.41, 5.74) is -2.19. The van der Waals surface area contributed by atoms with E-state index >= 15 is 0 Å². The van der Waals surface area contributed by atoms with E-state index in [1.165, 1.54) is 18.3 Å². The molecule has 4 aromatic rings. The van der Waals surface area contributed by atoms with Crippen LogP contribution >= 0.6 is 19.4 Å². The molecule has 0 bridgehead atoms. The first-order valence-corrected chi connectivity index (χ1v) is 12.0. The van der Waals surface area contributed by atoms with Gasteiger partial charge in [0.15, 0.2) is 12.4 Å². The summed E-state index contributed by atoms with van der Waals surface area (Å²) in [6.45, 7) is -1.03. The minimum Gasteiger partial charge on any atom is -0.451 e. The molecule has 0 radical (unpaired) electrons. The number of nitriles is 1. The number of fused-ring (bicyclic) bond motifs is 1. The minimum absolute atomic E-state index is 0. The van der Waals surface area contributed by atoms with Gasteiger partial charge in [-0.3, -0.25) is 9.32 Å². The van der Waals surface area contributed by atoms with E-state index in [1.807, 2.05) is 0 Å². The van der Waals surface area contributed by atoms with Crippen molar-refractivity contribution in [1.29, 1.82) is 5.26 Å². The molecule has 0 spiro atoms. The Morgan fingerprint density at radius 1 is 1.21 bits per heavy atom. The normalized spacial score (nSPS) is 11.7. The summed E-state index contributed by atoms with van der Waals surface area (Å²) < 4.78 is 63.9. The van der Waals surface area contributed by atoms with E-state index in [0.717, 1.165) is 27.6 Å². The van der Waals surface area contributed by atoms with Crippen molar-refractivity contribution in [1.82, 2.24) is 19.3 Å². The van der Waals surface area contributed by atoms with Crippen LogP contribution in [0.4, 0.5) is 13.2 Å². The summed E-state index contributed by atoms with van der Waals surface area (Å²) in [5, 5.41) is 13.6. The molecule has 12 nitrogen and oxygen atoms in total. The Morgan fingerprint density at radius 2 is 1.95 bits per heavy atom. The number of hydrogen-bond donors (Lipinski definition) is 2. The van der Waals surface area contributed by atoms with Crippen molar-refractivity contribution in [3.8, 4) is 17.6 Å². The predicted molar refractivity (Wildman–Crippen MR) is 125 cm³/mol. The molecule has 0 fully saturated rings. The smallest absolute Gasteiger partial charge is 0.451 e. The number of alkyl halides is 3. The zero-order chi connectivity index (χ0) is 27.0. The number of halogens is 4. The van der Waals surface area contributed by atoms with Crippen LogP contribution in [-0.2, 0) is 28.5 Å². The third-order valence-electron chi connectivity index (χ3n) is 4.90. The summed E-state index contributed by atoms with van der Waals surface area (Å²) >= 11 is 5.90. The molecule has 3 aromatic heterocycles. The minimum atomic E-state index is -4.94. The first-order chi connectivity index (χ1) is 17.4. The van der Waals surface area contributed by atoms with Gasteiger partial charge < -0.3 is 24.6 Å². The maximum Gasteiger partial charge on any atom is 0.471 e. The van der Waals surface area contributed by atoms with Gasteiger partial charge in [0.25, 0.3) is 5.56 Å². The van der Waals surface area contributed by atoms with Crippen LogP contribution in [-0.4, -0.2) is 34.6 Å². The fourth-order valence-corrected chi connectivity index (χ4v) is 3.86. The van der Waals surface area contributed by atoms with Gasteiger partial charge in [0.1, 0.15) is 11.3 Å². The van der Waals surface area contributed by atoms with E-state index in [0.29, 0.717) is 11.5 Å². The molecule has 0 aliphatic carbocycles. The topological polar surface area (TPSA) is 184 Å². The van der Waals surface area contributed by atoms with Gasteiger partial charge in [-0.25, -0.2) is 14.2 Å². The molecule has 17 heteroatoms. The van der Waals surface area contributed by atoms with Crippen LogP contribution in [0.15, 0.2) is 53.6 Å². The summed E-state index contributed by atoms with van der Waals surface area (Å²) in [5.74, 6) is -1.30. The molecule has 0 amide bonds. The number of hydrogen-bond acceptors (Lipinski definition) is 7. The van der Waals surface area contributed by atoms with Crippen molar-refractivity contribution in [2.45, 2.75) is 19.5 Å². The van der Waals surface area contributed by atoms with E-state index in [1.54, 1.807) is 12.1 Å². The highest BCUT2D eigenvalue weighted by atomic mass is 35.5. The van der Waals surface area contributed by atoms with Gasteiger partial charge in [-0.2, -0.15) is 23.5 Å². The average molecular weight is 574 g/mol. The maximum absolute atomic E-state index is 13.7. The molecular weight excluding hydrogens is 558 g/mol. The number of rotatable bonds is 7. The van der Waals surface area contributed by atoms with Crippen molar-refractivity contribution in [2.24, 2.45) is 0 Å². The van der Waals surface area contributed by atoms with Crippen molar-refractivity contribution < 1.29 is 42.3 Å². The number of nitrogens with zero attached hydrogens (tertiary/aromatic N) is 5. The van der Waals surface area contributed by atoms with Gasteiger partial charge in [-0.05, 0) is 36.4 Å². The Labute approximate surface area is 215 Å². The van der Waals surface area contributed by atoms with Crippen LogP contribution in [0.5, 0.6) is 11.5 Å². The molecule has 0 unspecified atom stereocenters. The number of aromatic nitrogens is 4. The van der Waals surface area contributed by atoms with Gasteiger partial charge in [0.2, 0.25) is 5.75 Å². The van der Waals surface area contributed by atoms with Gasteiger partial charge >= 0.3 is 14.0 Å². The second kappa shape index (κ2) is 10.9. The molecular formula is C21H16ClF3N5O7P. The molecule has 1 aromatic carbocycles. The number of phosphoric ester groups is 1. The fraction of sp³-hybridized carbons (Fsp3) is 0.143. The average Bonchev–Trinajstić information content (AvgIpc) is 3.16. The summed E-state index contributed by atoms with van der Waals surface area (Å²) in [4.78, 5) is 35.2. The highest BCUT2D eigenvalue weighted by Crippen LogP contribution is 2.37. The molecule has 0 aliphatic rings. The van der Waals surface area contributed by atoms with Crippen molar-refractivity contribution in [2.75, 3.05) is 0 Å². The van der Waals surface area contributed by atoms with Crippen LogP contribution in [0.25, 0.3) is 11.0 Å². The molecule has 4 N–H and O–H groups in total. The number of ether oxygens (including phenoxy) is 1. The lowest BCUT2D eigenvalue weighted by Gasteiger charge is -2.15. The lowest BCUT2D eigenvalue weighted by atomic mass is 10.2. The summed E-state index contributed by atoms with van der Waals surface area (Å²) in [7, 11) is -4.84. The highest BCUT2D eigenvalue weighted by molar-refractivity contribution is 7.46. The van der Waals surface area contributed by atoms with Gasteiger partial charge in [-0.1, -0.05) is 11.6 Å². The molecule has 38 heavy (non-hydrogen) atoms. The molecule has 0 saturated heterocycles.